The van der Waals surface area contributed by atoms with Crippen LogP contribution >= 0.6 is 0 Å². The number of nitrogens with one attached hydrogen (secondary N) is 2. The van der Waals surface area contributed by atoms with Crippen LogP contribution in [-0.2, 0) is 15.1 Å². The van der Waals surface area contributed by atoms with Gasteiger partial charge in [0.2, 0.25) is 5.91 Å². The van der Waals surface area contributed by atoms with Crippen LogP contribution in [0, 0.1) is 0 Å². The first-order valence-corrected chi connectivity index (χ1v) is 9.13. The van der Waals surface area contributed by atoms with E-state index in [9.17, 15) is 14.4 Å². The quantitative estimate of drug-likeness (QED) is 0.722. The third kappa shape index (κ3) is 3.69. The molecule has 2 N–H and O–H groups in total. The number of hydrogen-bond donors (Lipinski definition) is 2. The number of anilines is 1. The van der Waals surface area contributed by atoms with E-state index < -0.39 is 23.4 Å². The van der Waals surface area contributed by atoms with Crippen LogP contribution in [-0.4, -0.2) is 36.4 Å². The molecule has 2 aromatic rings. The molecule has 1 heterocycles. The van der Waals surface area contributed by atoms with Crippen molar-refractivity contribution < 1.29 is 19.1 Å². The molecule has 7 heteroatoms. The van der Waals surface area contributed by atoms with Gasteiger partial charge in [-0.3, -0.25) is 14.5 Å². The number of nitrogens with zero attached hydrogens (tertiary/aromatic N) is 1. The van der Waals surface area contributed by atoms with Crippen LogP contribution in [0.4, 0.5) is 10.5 Å². The second kappa shape index (κ2) is 8.12. The summed E-state index contributed by atoms with van der Waals surface area (Å²) in [4.78, 5) is 39.1. The minimum absolute atomic E-state index is 0.361. The second-order valence-corrected chi connectivity index (χ2v) is 6.62. The highest BCUT2D eigenvalue weighted by atomic mass is 16.5. The van der Waals surface area contributed by atoms with E-state index in [1.54, 1.807) is 24.3 Å². The van der Waals surface area contributed by atoms with Crippen LogP contribution in [0.5, 0.6) is 5.75 Å². The molecule has 0 radical (unpaired) electrons. The molecule has 7 nitrogen and oxygen atoms in total. The van der Waals surface area contributed by atoms with Crippen LogP contribution in [0.2, 0.25) is 0 Å². The molecule has 0 spiro atoms. The van der Waals surface area contributed by atoms with Crippen LogP contribution in [0.25, 0.3) is 0 Å². The van der Waals surface area contributed by atoms with Crippen LogP contribution < -0.4 is 15.4 Å². The number of ether oxygens (including phenoxy) is 1. The van der Waals surface area contributed by atoms with Gasteiger partial charge in [0.1, 0.15) is 17.8 Å². The van der Waals surface area contributed by atoms with E-state index in [2.05, 4.69) is 10.6 Å². The number of amides is 4. The monoisotopic (exact) mass is 381 g/mol. The molecule has 146 valence electrons. The number of carbonyl (C=O) groups is 3. The third-order valence-corrected chi connectivity index (χ3v) is 4.72. The molecular weight excluding hydrogens is 358 g/mol. The summed E-state index contributed by atoms with van der Waals surface area (Å²) in [6.07, 6.45) is 1.15. The second-order valence-electron chi connectivity index (χ2n) is 6.62. The Hall–Kier alpha value is -3.35. The molecule has 2 aromatic carbocycles. The Morgan fingerprint density at radius 1 is 1.14 bits per heavy atom. The van der Waals surface area contributed by atoms with Gasteiger partial charge in [-0.1, -0.05) is 49.7 Å². The van der Waals surface area contributed by atoms with Gasteiger partial charge in [0.15, 0.2) is 0 Å². The Bertz CT molecular complexity index is 884. The van der Waals surface area contributed by atoms with Crippen molar-refractivity contribution in [1.82, 2.24) is 10.2 Å². The van der Waals surface area contributed by atoms with E-state index in [4.69, 9.17) is 4.74 Å². The summed E-state index contributed by atoms with van der Waals surface area (Å²) in [7, 11) is 1.53. The predicted molar refractivity (Wildman–Crippen MR) is 105 cm³/mol. The third-order valence-electron chi connectivity index (χ3n) is 4.72. The molecule has 0 unspecified atom stereocenters. The van der Waals surface area contributed by atoms with Crippen molar-refractivity contribution in [2.75, 3.05) is 19.0 Å². The molecule has 1 aliphatic heterocycles. The van der Waals surface area contributed by atoms with E-state index in [-0.39, 0.29) is 6.54 Å². The first kappa shape index (κ1) is 19.4. The highest BCUT2D eigenvalue weighted by Crippen LogP contribution is 2.33. The largest absolute Gasteiger partial charge is 0.497 e. The van der Waals surface area contributed by atoms with Crippen molar-refractivity contribution in [3.05, 3.63) is 60.2 Å². The van der Waals surface area contributed by atoms with Crippen LogP contribution in [0.1, 0.15) is 25.3 Å². The topological polar surface area (TPSA) is 87.7 Å². The fourth-order valence-corrected chi connectivity index (χ4v) is 3.42. The highest BCUT2D eigenvalue weighted by Gasteiger charge is 2.52. The Morgan fingerprint density at radius 2 is 1.89 bits per heavy atom. The molecule has 1 atom stereocenters. The van der Waals surface area contributed by atoms with Crippen molar-refractivity contribution in [3.63, 3.8) is 0 Å². The smallest absolute Gasteiger partial charge is 0.325 e. The zero-order valence-electron chi connectivity index (χ0n) is 15.9. The van der Waals surface area contributed by atoms with Gasteiger partial charge >= 0.3 is 6.03 Å². The van der Waals surface area contributed by atoms with Crippen LogP contribution in [0.15, 0.2) is 54.6 Å². The number of imide groups is 1. The maximum Gasteiger partial charge on any atom is 0.325 e. The Kier molecular flexibility index (Phi) is 5.63. The van der Waals surface area contributed by atoms with E-state index in [1.165, 1.54) is 7.11 Å². The van der Waals surface area contributed by atoms with E-state index in [0.717, 1.165) is 4.90 Å². The molecule has 0 bridgehead atoms. The van der Waals surface area contributed by atoms with Crippen molar-refractivity contribution >= 4 is 23.5 Å². The van der Waals surface area contributed by atoms with E-state index >= 15 is 0 Å². The minimum Gasteiger partial charge on any atom is -0.497 e. The number of rotatable bonds is 7. The normalized spacial score (nSPS) is 18.7. The van der Waals surface area contributed by atoms with Crippen molar-refractivity contribution in [2.45, 2.75) is 25.3 Å². The first-order valence-electron chi connectivity index (χ1n) is 9.13. The fourth-order valence-electron chi connectivity index (χ4n) is 3.42. The fraction of sp³-hybridized carbons (Fsp3) is 0.286. The number of hydrogen-bond acceptors (Lipinski definition) is 4. The summed E-state index contributed by atoms with van der Waals surface area (Å²) < 4.78 is 5.13. The molecule has 0 saturated carbocycles. The van der Waals surface area contributed by atoms with Gasteiger partial charge in [0, 0.05) is 11.8 Å². The lowest BCUT2D eigenvalue weighted by atomic mass is 9.85. The molecule has 0 aliphatic carbocycles. The van der Waals surface area contributed by atoms with Gasteiger partial charge in [0.05, 0.1) is 7.11 Å². The Labute approximate surface area is 163 Å². The summed E-state index contributed by atoms with van der Waals surface area (Å²) in [6.45, 7) is 1.59. The Balaban J connectivity index is 1.78. The zero-order chi connectivity index (χ0) is 20.1. The summed E-state index contributed by atoms with van der Waals surface area (Å²) in [6, 6.07) is 15.4. The maximum atomic E-state index is 13.2. The van der Waals surface area contributed by atoms with Gasteiger partial charge in [-0.15, -0.1) is 0 Å². The van der Waals surface area contributed by atoms with Gasteiger partial charge in [-0.05, 0) is 24.1 Å². The van der Waals surface area contributed by atoms with Crippen LogP contribution in [0.3, 0.4) is 0 Å². The number of urea groups is 1. The average molecular weight is 381 g/mol. The first-order chi connectivity index (χ1) is 13.5. The SMILES string of the molecule is CCC[C@]1(c2ccccc2)NC(=O)N(CC(=O)Nc2cccc(OC)c2)C1=O. The summed E-state index contributed by atoms with van der Waals surface area (Å²) in [5.41, 5.74) is 0.105. The molecule has 28 heavy (non-hydrogen) atoms. The lowest BCUT2D eigenvalue weighted by molar-refractivity contribution is -0.134. The molecule has 4 amide bonds. The zero-order valence-corrected chi connectivity index (χ0v) is 15.9. The van der Waals surface area contributed by atoms with Gasteiger partial charge in [-0.25, -0.2) is 4.79 Å². The summed E-state index contributed by atoms with van der Waals surface area (Å²) in [5, 5.41) is 5.50. The molecule has 1 aliphatic rings. The minimum atomic E-state index is -1.14. The predicted octanol–water partition coefficient (Wildman–Crippen LogP) is 2.88. The lowest BCUT2D eigenvalue weighted by Crippen LogP contribution is -2.44. The van der Waals surface area contributed by atoms with Crippen molar-refractivity contribution in [2.24, 2.45) is 0 Å². The highest BCUT2D eigenvalue weighted by molar-refractivity contribution is 6.10. The summed E-state index contributed by atoms with van der Waals surface area (Å²) in [5.74, 6) is -0.276. The molecule has 3 rings (SSSR count). The Morgan fingerprint density at radius 3 is 2.57 bits per heavy atom. The molecule has 1 saturated heterocycles. The molecule has 1 fully saturated rings. The van der Waals surface area contributed by atoms with Gasteiger partial charge in [0.25, 0.3) is 5.91 Å². The van der Waals surface area contributed by atoms with E-state index in [0.29, 0.717) is 29.8 Å². The van der Waals surface area contributed by atoms with E-state index in [1.807, 2.05) is 37.3 Å². The van der Waals surface area contributed by atoms with Crippen molar-refractivity contribution in [3.8, 4) is 5.75 Å². The maximum absolute atomic E-state index is 13.2. The average Bonchev–Trinajstić information content (AvgIpc) is 2.94. The number of methoxy groups -OCH3 is 1. The standard InChI is InChI=1S/C21H23N3O4/c1-3-12-21(15-8-5-4-6-9-15)19(26)24(20(27)23-21)14-18(25)22-16-10-7-11-17(13-16)28-2/h4-11,13H,3,12,14H2,1-2H3,(H,22,25)(H,23,27)/t21-/m1/s1. The van der Waals surface area contributed by atoms with Gasteiger partial charge < -0.3 is 15.4 Å². The molecule has 0 aromatic heterocycles. The van der Waals surface area contributed by atoms with Crippen molar-refractivity contribution in [1.29, 1.82) is 0 Å². The number of benzene rings is 2. The van der Waals surface area contributed by atoms with Gasteiger partial charge in [-0.2, -0.15) is 0 Å². The number of carbonyl (C=O) groups excluding carboxylic acids is 3. The summed E-state index contributed by atoms with van der Waals surface area (Å²) >= 11 is 0. The lowest BCUT2D eigenvalue weighted by Gasteiger charge is -2.26. The molecular formula is C21H23N3O4.